The average Bonchev–Trinajstić information content (AvgIpc) is 3.19. The molecule has 3 rings (SSSR count). The standard InChI is InChI=1S/C23H38N4OS.HI/c1-3-24-23(26-20-12-8-14-22(16-20)29(28)4-2)25-17-21-13-9-15-27(21)18-19-10-6-5-7-11-19;/h5-7,10-11,20-22H,3-4,8-9,12-18H2,1-2H3,(H2,24,25,26);1H. The third kappa shape index (κ3) is 7.79. The summed E-state index contributed by atoms with van der Waals surface area (Å²) in [5, 5.41) is 7.40. The van der Waals surface area contributed by atoms with Crippen LogP contribution in [-0.2, 0) is 17.3 Å². The van der Waals surface area contributed by atoms with Crippen molar-refractivity contribution >= 4 is 40.7 Å². The molecule has 30 heavy (non-hydrogen) atoms. The fourth-order valence-corrected chi connectivity index (χ4v) is 5.94. The summed E-state index contributed by atoms with van der Waals surface area (Å²) in [5.41, 5.74) is 1.38. The third-order valence-corrected chi connectivity index (χ3v) is 7.90. The van der Waals surface area contributed by atoms with Crippen LogP contribution in [0.1, 0.15) is 57.9 Å². The molecule has 1 aliphatic heterocycles. The minimum atomic E-state index is -0.690. The maximum atomic E-state index is 12.2. The molecular weight excluding hydrogens is 507 g/mol. The van der Waals surface area contributed by atoms with E-state index < -0.39 is 10.8 Å². The number of aliphatic imine (C=N–C) groups is 1. The Kier molecular flexibility index (Phi) is 11.7. The van der Waals surface area contributed by atoms with Crippen molar-refractivity contribution in [1.82, 2.24) is 15.5 Å². The number of guanidine groups is 1. The second-order valence-corrected chi connectivity index (χ2v) is 10.3. The van der Waals surface area contributed by atoms with Crippen molar-refractivity contribution in [3.63, 3.8) is 0 Å². The molecule has 1 saturated carbocycles. The highest BCUT2D eigenvalue weighted by Gasteiger charge is 2.27. The maximum absolute atomic E-state index is 12.2. The number of nitrogens with zero attached hydrogens (tertiary/aromatic N) is 2. The van der Waals surface area contributed by atoms with Gasteiger partial charge in [0.25, 0.3) is 0 Å². The van der Waals surface area contributed by atoms with Crippen molar-refractivity contribution in [2.45, 2.75) is 76.3 Å². The molecule has 1 saturated heterocycles. The Balaban J connectivity index is 0.00000320. The van der Waals surface area contributed by atoms with E-state index >= 15 is 0 Å². The lowest BCUT2D eigenvalue weighted by molar-refractivity contribution is 0.250. The summed E-state index contributed by atoms with van der Waals surface area (Å²) >= 11 is 0. The van der Waals surface area contributed by atoms with E-state index in [1.807, 2.05) is 6.92 Å². The molecule has 1 aliphatic carbocycles. The Morgan fingerprint density at radius 3 is 2.70 bits per heavy atom. The van der Waals surface area contributed by atoms with E-state index in [1.165, 1.54) is 18.4 Å². The number of benzene rings is 1. The molecule has 2 fully saturated rings. The average molecular weight is 547 g/mol. The van der Waals surface area contributed by atoms with Gasteiger partial charge in [0.05, 0.1) is 6.54 Å². The van der Waals surface area contributed by atoms with Gasteiger partial charge in [-0.25, -0.2) is 0 Å². The van der Waals surface area contributed by atoms with Crippen LogP contribution in [0.5, 0.6) is 0 Å². The summed E-state index contributed by atoms with van der Waals surface area (Å²) < 4.78 is 12.2. The fraction of sp³-hybridized carbons (Fsp3) is 0.696. The Hall–Kier alpha value is -0.670. The third-order valence-electron chi connectivity index (χ3n) is 6.16. The molecular formula is C23H39IN4OS. The van der Waals surface area contributed by atoms with Crippen molar-refractivity contribution in [2.24, 2.45) is 4.99 Å². The molecule has 2 aliphatic rings. The van der Waals surface area contributed by atoms with Gasteiger partial charge >= 0.3 is 0 Å². The number of rotatable bonds is 8. The predicted molar refractivity (Wildman–Crippen MR) is 139 cm³/mol. The van der Waals surface area contributed by atoms with Crippen LogP contribution in [-0.4, -0.2) is 57.8 Å². The van der Waals surface area contributed by atoms with Crippen LogP contribution in [0, 0.1) is 0 Å². The first-order chi connectivity index (χ1) is 14.2. The SMILES string of the molecule is CCNC(=NCC1CCCN1Cc1ccccc1)NC1CCCC(S(=O)CC)C1.I. The van der Waals surface area contributed by atoms with E-state index in [0.29, 0.717) is 17.3 Å². The molecule has 1 heterocycles. The number of halogens is 1. The van der Waals surface area contributed by atoms with Crippen LogP contribution in [0.4, 0.5) is 0 Å². The summed E-state index contributed by atoms with van der Waals surface area (Å²) in [6.07, 6.45) is 6.87. The van der Waals surface area contributed by atoms with E-state index in [2.05, 4.69) is 52.8 Å². The number of likely N-dealkylation sites (tertiary alicyclic amines) is 1. The van der Waals surface area contributed by atoms with Crippen LogP contribution in [0.25, 0.3) is 0 Å². The Labute approximate surface area is 202 Å². The van der Waals surface area contributed by atoms with Crippen molar-refractivity contribution in [3.8, 4) is 0 Å². The smallest absolute Gasteiger partial charge is 0.191 e. The second kappa shape index (κ2) is 13.7. The summed E-state index contributed by atoms with van der Waals surface area (Å²) in [5.74, 6) is 1.69. The van der Waals surface area contributed by atoms with Gasteiger partial charge in [0, 0.05) is 47.0 Å². The summed E-state index contributed by atoms with van der Waals surface area (Å²) in [7, 11) is -0.690. The summed E-state index contributed by atoms with van der Waals surface area (Å²) in [6, 6.07) is 11.6. The van der Waals surface area contributed by atoms with Crippen LogP contribution in [0.2, 0.25) is 0 Å². The van der Waals surface area contributed by atoms with Crippen LogP contribution >= 0.6 is 24.0 Å². The van der Waals surface area contributed by atoms with Gasteiger partial charge in [-0.1, -0.05) is 43.7 Å². The first-order valence-electron chi connectivity index (χ1n) is 11.4. The largest absolute Gasteiger partial charge is 0.357 e. The Morgan fingerprint density at radius 1 is 1.17 bits per heavy atom. The highest BCUT2D eigenvalue weighted by Crippen LogP contribution is 2.23. The normalized spacial score (nSPS) is 26.1. The van der Waals surface area contributed by atoms with E-state index in [0.717, 1.165) is 63.6 Å². The van der Waals surface area contributed by atoms with Crippen molar-refractivity contribution in [3.05, 3.63) is 35.9 Å². The van der Waals surface area contributed by atoms with Crippen LogP contribution in [0.3, 0.4) is 0 Å². The summed E-state index contributed by atoms with van der Waals surface area (Å²) in [6.45, 7) is 8.01. The van der Waals surface area contributed by atoms with E-state index in [4.69, 9.17) is 4.99 Å². The van der Waals surface area contributed by atoms with Crippen molar-refractivity contribution < 1.29 is 4.21 Å². The highest BCUT2D eigenvalue weighted by atomic mass is 127. The molecule has 7 heteroatoms. The lowest BCUT2D eigenvalue weighted by Gasteiger charge is -2.30. The zero-order valence-electron chi connectivity index (χ0n) is 18.5. The summed E-state index contributed by atoms with van der Waals surface area (Å²) in [4.78, 5) is 7.52. The number of hydrogen-bond acceptors (Lipinski definition) is 3. The molecule has 1 aromatic carbocycles. The molecule has 0 aromatic heterocycles. The highest BCUT2D eigenvalue weighted by molar-refractivity contribution is 14.0. The van der Waals surface area contributed by atoms with Gasteiger partial charge in [-0.3, -0.25) is 14.1 Å². The molecule has 4 unspecified atom stereocenters. The molecule has 1 aromatic rings. The van der Waals surface area contributed by atoms with Gasteiger partial charge in [0.2, 0.25) is 0 Å². The fourth-order valence-electron chi connectivity index (χ4n) is 4.59. The van der Waals surface area contributed by atoms with Gasteiger partial charge < -0.3 is 10.6 Å². The molecule has 5 nitrogen and oxygen atoms in total. The van der Waals surface area contributed by atoms with E-state index in [1.54, 1.807) is 0 Å². The maximum Gasteiger partial charge on any atom is 0.191 e. The van der Waals surface area contributed by atoms with Crippen LogP contribution in [0.15, 0.2) is 35.3 Å². The Morgan fingerprint density at radius 2 is 1.97 bits per heavy atom. The first-order valence-corrected chi connectivity index (χ1v) is 12.8. The zero-order chi connectivity index (χ0) is 20.5. The lowest BCUT2D eigenvalue weighted by Crippen LogP contribution is -2.47. The molecule has 0 amide bonds. The minimum absolute atomic E-state index is 0. The molecule has 4 atom stereocenters. The molecule has 0 radical (unpaired) electrons. The minimum Gasteiger partial charge on any atom is -0.357 e. The quantitative estimate of drug-likeness (QED) is 0.295. The topological polar surface area (TPSA) is 56.7 Å². The van der Waals surface area contributed by atoms with Gasteiger partial charge in [-0.05, 0) is 51.1 Å². The monoisotopic (exact) mass is 546 g/mol. The van der Waals surface area contributed by atoms with E-state index in [9.17, 15) is 4.21 Å². The molecule has 0 spiro atoms. The second-order valence-electron chi connectivity index (χ2n) is 8.27. The van der Waals surface area contributed by atoms with Gasteiger partial charge in [-0.15, -0.1) is 24.0 Å². The van der Waals surface area contributed by atoms with Gasteiger partial charge in [0.1, 0.15) is 0 Å². The molecule has 170 valence electrons. The Bertz CT molecular complexity index is 672. The van der Waals surface area contributed by atoms with Crippen molar-refractivity contribution in [2.75, 3.05) is 25.4 Å². The van der Waals surface area contributed by atoms with Crippen LogP contribution < -0.4 is 10.6 Å². The van der Waals surface area contributed by atoms with Gasteiger partial charge in [0.15, 0.2) is 5.96 Å². The van der Waals surface area contributed by atoms with Crippen molar-refractivity contribution in [1.29, 1.82) is 0 Å². The molecule has 2 N–H and O–H groups in total. The first kappa shape index (κ1) is 25.6. The number of hydrogen-bond donors (Lipinski definition) is 2. The van der Waals surface area contributed by atoms with Gasteiger partial charge in [-0.2, -0.15) is 0 Å². The zero-order valence-corrected chi connectivity index (χ0v) is 21.7. The predicted octanol–water partition coefficient (Wildman–Crippen LogP) is 3.90. The van der Waals surface area contributed by atoms with E-state index in [-0.39, 0.29) is 24.0 Å². The molecule has 0 bridgehead atoms. The number of nitrogens with one attached hydrogen (secondary N) is 2. The lowest BCUT2D eigenvalue weighted by atomic mass is 9.95.